The third-order valence-electron chi connectivity index (χ3n) is 14.9. The average molecular weight is 1810 g/mol. The van der Waals surface area contributed by atoms with Crippen molar-refractivity contribution < 1.29 is 113 Å². The lowest BCUT2D eigenvalue weighted by atomic mass is 9.97. The van der Waals surface area contributed by atoms with Crippen LogP contribution < -0.4 is 4.98 Å². The lowest BCUT2D eigenvalue weighted by Crippen LogP contribution is -2.24. The van der Waals surface area contributed by atoms with Gasteiger partial charge in [-0.15, -0.1) is 0 Å². The van der Waals surface area contributed by atoms with Gasteiger partial charge in [-0.2, -0.15) is 73.7 Å². The van der Waals surface area contributed by atoms with Crippen LogP contribution in [0.1, 0.15) is 78.6 Å². The summed E-state index contributed by atoms with van der Waals surface area (Å²) in [7, 11) is -27.8. The number of pyridine rings is 1. The van der Waals surface area contributed by atoms with Gasteiger partial charge in [0.25, 0.3) is 0 Å². The lowest BCUT2D eigenvalue weighted by Gasteiger charge is -2.11. The molecule has 0 aliphatic heterocycles. The van der Waals surface area contributed by atoms with Crippen molar-refractivity contribution in [3.05, 3.63) is 368 Å². The van der Waals surface area contributed by atoms with E-state index in [1.165, 1.54) is 72.8 Å². The fourth-order valence-electron chi connectivity index (χ4n) is 9.53. The molecule has 0 aliphatic rings. The molecule has 0 spiro atoms. The van der Waals surface area contributed by atoms with E-state index in [-0.39, 0.29) is 36.0 Å². The number of alkyl halides is 6. The van der Waals surface area contributed by atoms with E-state index in [1.54, 1.807) is 116 Å². The Morgan fingerprint density at radius 3 is 1.23 bits per heavy atom. The molecular weight excluding hydrogens is 1740 g/mol. The van der Waals surface area contributed by atoms with Crippen LogP contribution >= 0.6 is 23.2 Å². The molecule has 1 aromatic heterocycles. The number of hydrogen-bond donors (Lipinski definition) is 0. The number of aryl methyl sites for hydroxylation is 4. The number of nitrogens with one attached hydrogen (secondary N) is 1. The molecule has 26 nitrogen and oxygen atoms in total. The van der Waals surface area contributed by atoms with Gasteiger partial charge >= 0.3 is 61.6 Å². The molecule has 0 atom stereocenters. The van der Waals surface area contributed by atoms with Crippen molar-refractivity contribution in [2.45, 2.75) is 60.3 Å². The molecule has 1 N–H and O–H groups in total. The Balaban J connectivity index is 0.000000228. The minimum Gasteiger partial charge on any atom is -0.741 e. The summed E-state index contributed by atoms with van der Waals surface area (Å²) >= 11 is 11.7. The van der Waals surface area contributed by atoms with Crippen molar-refractivity contribution in [1.82, 2.24) is 0 Å². The van der Waals surface area contributed by atoms with Crippen molar-refractivity contribution in [2.75, 3.05) is 6.26 Å². The van der Waals surface area contributed by atoms with Gasteiger partial charge in [-0.25, -0.2) is 13.4 Å². The molecule has 0 saturated heterocycles. The average Bonchev–Trinajstić information content (AvgIpc) is 0.820. The highest BCUT2D eigenvalue weighted by molar-refractivity contribution is 7.88. The molecule has 1 heterocycles. The number of aromatic amines is 1. The van der Waals surface area contributed by atoms with E-state index in [9.17, 15) is 73.2 Å². The summed E-state index contributed by atoms with van der Waals surface area (Å²) in [5.74, 6) is -0.412. The van der Waals surface area contributed by atoms with Gasteiger partial charge in [0.1, 0.15) is 26.5 Å². The maximum Gasteiger partial charge on any atom is 0.536 e. The molecule has 10 aromatic carbocycles. The van der Waals surface area contributed by atoms with Crippen molar-refractivity contribution in [2.24, 2.45) is 25.8 Å². The number of carbonyl (C=O) groups excluding carboxylic acids is 1. The number of nitrogens with zero attached hydrogens (tertiary/aromatic N) is 6. The molecule has 120 heavy (non-hydrogen) atoms. The van der Waals surface area contributed by atoms with Gasteiger partial charge in [-0.05, 0) is 94.3 Å². The number of Topliss-reactive ketones (excluding diaryl/α,β-unsaturated/α-hetero) is 1. The summed E-state index contributed by atoms with van der Waals surface area (Å²) in [5, 5.41) is 26.8. The number of nitriles is 1. The second-order valence-corrected chi connectivity index (χ2v) is 33.9. The molecule has 0 unspecified atom stereocenters. The molecular formula is C80H67Cl2F6N7O19S6. The van der Waals surface area contributed by atoms with E-state index >= 15 is 0 Å². The Kier molecular flexibility index (Phi) is 35.3. The summed E-state index contributed by atoms with van der Waals surface area (Å²) in [6, 6.07) is 81.6. The number of benzene rings is 10. The fourth-order valence-corrected chi connectivity index (χ4v) is 13.0. The standard InChI is InChI=1S/C20H17NO3S.C18H14N2O3S.C17H17Cl2NO3S.C15H13NO4S.C9H5F3N2O3S.CHF3O3S/c1-16-12-14-19(15-13-16)25(22,23)24-21-20(17-8-4-2-5-9-17)18-10-6-3-7-11-18;21-24(22,16-11-5-2-6-12-16)23-20-18(15-9-3-1-4-10-15)17-13-7-8-14-19-17;1-10-7-11(2)17(12(3)8-10)13(4)20-23-24(21,22)16-9-14(18)5-6-15(16)19;1-21(18,19)20-16-14(12-8-4-2-5-9-12)15(17)13-10-6-3-7-11-13;10-9(11,12)18(15,16)17-14-8(6-13)7-4-2-1-3-5-7;2-1(3,4)8(5,6)7/h2-15H,1H3;1-14H;5-9H,1-4H3;2-11H,1H3;1-5H;(H,5,6,7)/b;20-18+;20-13+;16-14-;14-8+;. The first-order chi connectivity index (χ1) is 56.3. The first kappa shape index (κ1) is 96.5. The maximum atomic E-state index is 12.5. The van der Waals surface area contributed by atoms with Crippen molar-refractivity contribution in [1.29, 1.82) is 5.26 Å². The smallest absolute Gasteiger partial charge is 0.536 e. The highest BCUT2D eigenvalue weighted by Gasteiger charge is 2.49. The highest BCUT2D eigenvalue weighted by atomic mass is 35.5. The molecule has 0 aliphatic carbocycles. The van der Waals surface area contributed by atoms with Gasteiger partial charge in [0.15, 0.2) is 33.5 Å². The first-order valence-electron chi connectivity index (χ1n) is 33.8. The second-order valence-electron chi connectivity index (χ2n) is 24.1. The van der Waals surface area contributed by atoms with Crippen LogP contribution in [0.15, 0.2) is 332 Å². The highest BCUT2D eigenvalue weighted by Crippen LogP contribution is 2.29. The SMILES string of the molecule is C/C(=N\OS(=O)(=O)c1cc(Cl)ccc1Cl)c1c(C)cc(C)cc1C.CS(=O)(=O)O/N=C(\C(=O)c1ccccc1)c1ccccc1.Cc1ccc(S(=O)(=O)ON=C(c2ccccc2)c2ccccc2)cc1.N#C/C(=N\OS(=O)(=O)C(F)(F)F)c1ccccc1.O=S(=O)(O/N=C(\c1ccccc1)c1cccc[nH+]1)c1ccccc1.O=S(=O)([O-])C(F)(F)F. The summed E-state index contributed by atoms with van der Waals surface area (Å²) < 4.78 is 234. The third-order valence-corrected chi connectivity index (χ3v) is 20.7. The van der Waals surface area contributed by atoms with Gasteiger partial charge in [-0.1, -0.05) is 285 Å². The van der Waals surface area contributed by atoms with Crippen LogP contribution in [-0.4, -0.2) is 107 Å². The number of ketones is 1. The number of aromatic nitrogens is 1. The largest absolute Gasteiger partial charge is 0.741 e. The van der Waals surface area contributed by atoms with Crippen LogP contribution in [0.25, 0.3) is 0 Å². The maximum absolute atomic E-state index is 12.5. The third kappa shape index (κ3) is 30.6. The van der Waals surface area contributed by atoms with Crippen molar-refractivity contribution >= 4 is 118 Å². The minimum atomic E-state index is -6.09. The second kappa shape index (κ2) is 43.9. The van der Waals surface area contributed by atoms with Crippen LogP contribution in [0.5, 0.6) is 0 Å². The van der Waals surface area contributed by atoms with Crippen LogP contribution in [0.2, 0.25) is 10.0 Å². The van der Waals surface area contributed by atoms with Crippen LogP contribution in [0.3, 0.4) is 0 Å². The number of halogens is 8. The zero-order chi connectivity index (χ0) is 88.7. The van der Waals surface area contributed by atoms with Crippen LogP contribution in [0, 0.1) is 39.0 Å². The fraction of sp³-hybridized carbons (Fsp3) is 0.100. The molecule has 0 radical (unpaired) electrons. The predicted octanol–water partition coefficient (Wildman–Crippen LogP) is 15.9. The van der Waals surface area contributed by atoms with Crippen LogP contribution in [-0.2, 0) is 82.1 Å². The molecule has 628 valence electrons. The van der Waals surface area contributed by atoms with Gasteiger partial charge < -0.3 is 4.55 Å². The first-order valence-corrected chi connectivity index (χ1v) is 43.4. The number of oxime groups is 5. The van der Waals surface area contributed by atoms with Gasteiger partial charge in [0, 0.05) is 56.1 Å². The summed E-state index contributed by atoms with van der Waals surface area (Å²) in [4.78, 5) is 15.4. The molecule has 11 rings (SSSR count). The van der Waals surface area contributed by atoms with E-state index in [0.29, 0.717) is 34.0 Å². The number of hydrogen-bond acceptors (Lipinski definition) is 25. The quantitative estimate of drug-likeness (QED) is 0.0152. The lowest BCUT2D eigenvalue weighted by molar-refractivity contribution is -0.380. The van der Waals surface area contributed by atoms with Gasteiger partial charge in [-0.3, -0.25) is 26.2 Å². The minimum absolute atomic E-state index is 0.0231. The Morgan fingerprint density at radius 1 is 0.425 bits per heavy atom. The van der Waals surface area contributed by atoms with Gasteiger partial charge in [0.2, 0.25) is 11.5 Å². The Labute approximate surface area is 697 Å². The normalized spacial score (nSPS) is 12.1. The van der Waals surface area contributed by atoms with Gasteiger partial charge in [0.05, 0.1) is 17.0 Å². The summed E-state index contributed by atoms with van der Waals surface area (Å²) in [6.07, 6.45) is 2.60. The Hall–Kier alpha value is -12.3. The molecule has 40 heteroatoms. The topological polar surface area (TPSA) is 391 Å². The molecule has 0 saturated carbocycles. The molecule has 0 amide bonds. The Bertz CT molecular complexity index is 6140. The molecule has 0 fully saturated rings. The number of rotatable bonds is 22. The molecule has 11 aromatic rings. The van der Waals surface area contributed by atoms with E-state index in [1.807, 2.05) is 143 Å². The Morgan fingerprint density at radius 2 is 0.817 bits per heavy atom. The number of H-pyrrole nitrogens is 1. The summed E-state index contributed by atoms with van der Waals surface area (Å²) in [5.41, 5.74) is -1.67. The van der Waals surface area contributed by atoms with E-state index < -0.39 is 83.2 Å². The van der Waals surface area contributed by atoms with Crippen molar-refractivity contribution in [3.8, 4) is 6.07 Å². The molecule has 0 bridgehead atoms. The van der Waals surface area contributed by atoms with Crippen LogP contribution in [0.4, 0.5) is 26.3 Å². The monoisotopic (exact) mass is 1810 g/mol. The van der Waals surface area contributed by atoms with E-state index in [0.717, 1.165) is 50.8 Å². The van der Waals surface area contributed by atoms with E-state index in [4.69, 9.17) is 54.3 Å². The number of carbonyl (C=O) groups is 1. The predicted molar refractivity (Wildman–Crippen MR) is 435 cm³/mol. The van der Waals surface area contributed by atoms with Crippen molar-refractivity contribution in [3.63, 3.8) is 0 Å². The summed E-state index contributed by atoms with van der Waals surface area (Å²) in [6.45, 7) is 9.46. The zero-order valence-corrected chi connectivity index (χ0v) is 69.5. The van der Waals surface area contributed by atoms with E-state index in [2.05, 4.69) is 39.3 Å². The zero-order valence-electron chi connectivity index (χ0n) is 63.1.